The number of aliphatic hydroxyl groups is 2. The fourth-order valence-corrected chi connectivity index (χ4v) is 6.77. The van der Waals surface area contributed by atoms with E-state index in [0.717, 1.165) is 11.1 Å². The predicted octanol–water partition coefficient (Wildman–Crippen LogP) is 5.14. The number of nitrogens with two attached hydrogens (primary N) is 1. The number of carbonyl (C=O) groups excluding carboxylic acids is 2. The Kier molecular flexibility index (Phi) is 6.61. The highest BCUT2D eigenvalue weighted by molar-refractivity contribution is 6.32. The SMILES string of the molecule is N[C@@H]1c2onc(OCc3ccccc3)c2C(=O)[C@@]2(O)C(=O)C3=C(O)c4c(OCc5ccccc5)ccc(Cl)c4C[C@H]3C[C@@H]12. The lowest BCUT2D eigenvalue weighted by Gasteiger charge is -2.47. The Labute approximate surface area is 251 Å². The van der Waals surface area contributed by atoms with Gasteiger partial charge in [0.05, 0.1) is 11.6 Å². The Balaban J connectivity index is 1.26. The van der Waals surface area contributed by atoms with Gasteiger partial charge in [0.15, 0.2) is 11.4 Å². The molecule has 218 valence electrons. The molecule has 0 amide bonds. The monoisotopic (exact) mass is 598 g/mol. The second kappa shape index (κ2) is 10.4. The van der Waals surface area contributed by atoms with Crippen LogP contribution in [0.2, 0.25) is 5.02 Å². The second-order valence-corrected chi connectivity index (χ2v) is 11.5. The van der Waals surface area contributed by atoms with E-state index in [9.17, 15) is 19.8 Å². The third kappa shape index (κ3) is 4.26. The van der Waals surface area contributed by atoms with E-state index in [0.29, 0.717) is 16.3 Å². The van der Waals surface area contributed by atoms with Gasteiger partial charge in [-0.1, -0.05) is 72.3 Å². The summed E-state index contributed by atoms with van der Waals surface area (Å²) >= 11 is 6.58. The lowest BCUT2D eigenvalue weighted by atomic mass is 9.57. The summed E-state index contributed by atoms with van der Waals surface area (Å²) < 4.78 is 17.3. The van der Waals surface area contributed by atoms with Gasteiger partial charge in [-0.2, -0.15) is 0 Å². The van der Waals surface area contributed by atoms with Crippen molar-refractivity contribution in [2.75, 3.05) is 0 Å². The fourth-order valence-electron chi connectivity index (χ4n) is 6.54. The molecular weight excluding hydrogens is 572 g/mol. The Bertz CT molecular complexity index is 1790. The highest BCUT2D eigenvalue weighted by Crippen LogP contribution is 2.54. The van der Waals surface area contributed by atoms with E-state index in [1.807, 2.05) is 60.7 Å². The molecule has 4 atom stereocenters. The molecule has 1 fully saturated rings. The van der Waals surface area contributed by atoms with Crippen LogP contribution in [-0.2, 0) is 24.4 Å². The normalized spacial score (nSPS) is 24.1. The highest BCUT2D eigenvalue weighted by atomic mass is 35.5. The van der Waals surface area contributed by atoms with Crippen LogP contribution in [-0.4, -0.2) is 32.5 Å². The van der Waals surface area contributed by atoms with Crippen LogP contribution in [0, 0.1) is 11.8 Å². The molecule has 43 heavy (non-hydrogen) atoms. The number of carbonyl (C=O) groups is 2. The largest absolute Gasteiger partial charge is 0.507 e. The zero-order chi connectivity index (χ0) is 29.9. The minimum atomic E-state index is -2.55. The third-order valence-corrected chi connectivity index (χ3v) is 9.04. The van der Waals surface area contributed by atoms with Crippen LogP contribution < -0.4 is 15.2 Å². The lowest BCUT2D eigenvalue weighted by molar-refractivity contribution is -0.140. The maximum Gasteiger partial charge on any atom is 0.265 e. The van der Waals surface area contributed by atoms with E-state index in [2.05, 4.69) is 5.16 Å². The van der Waals surface area contributed by atoms with Crippen molar-refractivity contribution in [3.63, 3.8) is 0 Å². The van der Waals surface area contributed by atoms with Gasteiger partial charge in [0.2, 0.25) is 11.6 Å². The Morgan fingerprint density at radius 1 is 0.930 bits per heavy atom. The van der Waals surface area contributed by atoms with Crippen LogP contribution in [0.3, 0.4) is 0 Å². The van der Waals surface area contributed by atoms with E-state index < -0.39 is 35.0 Å². The summed E-state index contributed by atoms with van der Waals surface area (Å²) in [5.74, 6) is -3.54. The number of aromatic nitrogens is 1. The van der Waals surface area contributed by atoms with Crippen molar-refractivity contribution in [1.29, 1.82) is 0 Å². The number of halogens is 1. The van der Waals surface area contributed by atoms with Gasteiger partial charge in [-0.05, 0) is 52.7 Å². The first-order valence-corrected chi connectivity index (χ1v) is 14.3. The van der Waals surface area contributed by atoms with Crippen molar-refractivity contribution in [3.05, 3.63) is 117 Å². The van der Waals surface area contributed by atoms with Crippen molar-refractivity contribution in [2.24, 2.45) is 17.6 Å². The van der Waals surface area contributed by atoms with Gasteiger partial charge in [0.1, 0.15) is 30.3 Å². The second-order valence-electron chi connectivity index (χ2n) is 11.1. The van der Waals surface area contributed by atoms with Crippen LogP contribution in [0.15, 0.2) is 82.9 Å². The van der Waals surface area contributed by atoms with E-state index in [1.54, 1.807) is 12.1 Å². The number of Topliss-reactive ketones (excluding diaryl/α,β-unsaturated/α-hetero) is 2. The Hall–Kier alpha value is -4.44. The molecule has 3 aliphatic carbocycles. The summed E-state index contributed by atoms with van der Waals surface area (Å²) in [4.78, 5) is 28.2. The minimum Gasteiger partial charge on any atom is -0.507 e. The molecule has 1 aromatic heterocycles. The van der Waals surface area contributed by atoms with E-state index in [4.69, 9.17) is 31.3 Å². The number of hydrogen-bond donors (Lipinski definition) is 3. The van der Waals surface area contributed by atoms with E-state index in [-0.39, 0.29) is 60.2 Å². The molecular formula is C33H27ClN2O7. The first-order valence-electron chi connectivity index (χ1n) is 13.9. The average molecular weight is 599 g/mol. The summed E-state index contributed by atoms with van der Waals surface area (Å²) in [6.07, 6.45) is 0.407. The maximum absolute atomic E-state index is 14.2. The van der Waals surface area contributed by atoms with Crippen LogP contribution in [0.25, 0.3) is 5.76 Å². The highest BCUT2D eigenvalue weighted by Gasteiger charge is 2.64. The molecule has 0 unspecified atom stereocenters. The van der Waals surface area contributed by atoms with Crippen molar-refractivity contribution >= 4 is 28.9 Å². The van der Waals surface area contributed by atoms with Crippen molar-refractivity contribution in [3.8, 4) is 11.6 Å². The molecule has 0 spiro atoms. The number of hydrogen-bond acceptors (Lipinski definition) is 9. The Morgan fingerprint density at radius 3 is 2.26 bits per heavy atom. The summed E-state index contributed by atoms with van der Waals surface area (Å²) in [7, 11) is 0. The first kappa shape index (κ1) is 27.4. The topological polar surface area (TPSA) is 145 Å². The van der Waals surface area contributed by atoms with Gasteiger partial charge >= 0.3 is 0 Å². The molecule has 9 nitrogen and oxygen atoms in total. The van der Waals surface area contributed by atoms with Crippen molar-refractivity contribution in [1.82, 2.24) is 5.16 Å². The summed E-state index contributed by atoms with van der Waals surface area (Å²) in [5.41, 5.74) is 6.40. The molecule has 3 aromatic carbocycles. The fraction of sp³-hybridized carbons (Fsp3) is 0.242. The molecule has 1 saturated carbocycles. The van der Waals surface area contributed by atoms with Crippen LogP contribution in [0.5, 0.6) is 11.6 Å². The molecule has 0 saturated heterocycles. The molecule has 0 bridgehead atoms. The minimum absolute atomic E-state index is 0.0507. The average Bonchev–Trinajstić information content (AvgIpc) is 3.45. The van der Waals surface area contributed by atoms with Gasteiger partial charge in [-0.15, -0.1) is 0 Å². The number of ketones is 2. The number of rotatable bonds is 6. The number of benzene rings is 3. The Morgan fingerprint density at radius 2 is 1.58 bits per heavy atom. The molecule has 4 aromatic rings. The van der Waals surface area contributed by atoms with Crippen LogP contribution in [0.1, 0.15) is 50.8 Å². The summed E-state index contributed by atoms with van der Waals surface area (Å²) in [5, 5.41) is 27.9. The first-order chi connectivity index (χ1) is 20.8. The van der Waals surface area contributed by atoms with Gasteiger partial charge in [0, 0.05) is 16.5 Å². The van der Waals surface area contributed by atoms with Gasteiger partial charge in [-0.25, -0.2) is 0 Å². The molecule has 0 radical (unpaired) electrons. The van der Waals surface area contributed by atoms with Crippen LogP contribution >= 0.6 is 11.6 Å². The van der Waals surface area contributed by atoms with Crippen LogP contribution in [0.4, 0.5) is 0 Å². The maximum atomic E-state index is 14.2. The zero-order valence-corrected chi connectivity index (χ0v) is 23.6. The molecule has 7 rings (SSSR count). The number of fused-ring (bicyclic) bond motifs is 4. The van der Waals surface area contributed by atoms with Gasteiger partial charge in [0.25, 0.3) is 5.88 Å². The standard InChI is InChI=1S/C33H27ClN2O7/c34-22-11-12-23(41-15-17-7-3-1-4-8-17)25-20(22)13-19-14-21-27(35)29-26(31(39)33(21,40)30(38)24(19)28(25)37)32(36-43-29)42-16-18-9-5-2-6-10-18/h1-12,19,21,27,37,40H,13-16,35H2/t19-,21-,27-,33-/m0/s1. The molecule has 1 heterocycles. The summed E-state index contributed by atoms with van der Waals surface area (Å²) in [6.45, 7) is 0.297. The summed E-state index contributed by atoms with van der Waals surface area (Å²) in [6, 6.07) is 21.0. The molecule has 10 heteroatoms. The van der Waals surface area contributed by atoms with E-state index >= 15 is 0 Å². The third-order valence-electron chi connectivity index (χ3n) is 8.69. The quantitative estimate of drug-likeness (QED) is 0.257. The predicted molar refractivity (Wildman–Crippen MR) is 156 cm³/mol. The van der Waals surface area contributed by atoms with Gasteiger partial charge < -0.3 is 29.9 Å². The van der Waals surface area contributed by atoms with E-state index in [1.165, 1.54) is 0 Å². The smallest absolute Gasteiger partial charge is 0.265 e. The molecule has 0 aliphatic heterocycles. The number of nitrogens with zero attached hydrogens (tertiary/aromatic N) is 1. The number of aliphatic hydroxyl groups excluding tert-OH is 1. The molecule has 3 aliphatic rings. The van der Waals surface area contributed by atoms with Gasteiger partial charge in [-0.3, -0.25) is 9.59 Å². The van der Waals surface area contributed by atoms with Crippen molar-refractivity contribution in [2.45, 2.75) is 37.7 Å². The number of ether oxygens (including phenoxy) is 2. The lowest BCUT2D eigenvalue weighted by Crippen LogP contribution is -2.63. The zero-order valence-electron chi connectivity index (χ0n) is 22.8. The van der Waals surface area contributed by atoms with Crippen molar-refractivity contribution < 1.29 is 33.8 Å². The molecule has 4 N–H and O–H groups in total.